The van der Waals surface area contributed by atoms with Crippen molar-refractivity contribution in [2.45, 2.75) is 0 Å². The minimum atomic E-state index is 0. The average molecular weight is 129 g/mol. The van der Waals surface area contributed by atoms with Gasteiger partial charge in [0.05, 0.1) is 0 Å². The first-order valence-corrected chi connectivity index (χ1v) is 0. The molecular formula is H3OPSiV. The summed E-state index contributed by atoms with van der Waals surface area (Å²) in [5.74, 6) is 0. The van der Waals surface area contributed by atoms with Gasteiger partial charge in [-0.15, -0.1) is 0 Å². The van der Waals surface area contributed by atoms with Gasteiger partial charge in [0.2, 0.25) is 0 Å². The second-order valence-corrected chi connectivity index (χ2v) is 0. The maximum atomic E-state index is 0. The van der Waals surface area contributed by atoms with Gasteiger partial charge in [-0.1, -0.05) is 0 Å². The number of rotatable bonds is 0. The molecule has 0 aliphatic heterocycles. The smallest absolute Gasteiger partial charge is 0 e. The van der Waals surface area contributed by atoms with Gasteiger partial charge in [-0.3, -0.25) is 0 Å². The third-order valence-electron chi connectivity index (χ3n) is 0. The van der Waals surface area contributed by atoms with Crippen LogP contribution in [0.1, 0.15) is 0 Å². The van der Waals surface area contributed by atoms with Gasteiger partial charge in [0.15, 0.2) is 0 Å². The second-order valence-electron chi connectivity index (χ2n) is 0. The molecule has 4 heteroatoms. The standard InChI is InChI=1S/O.H3P.Si.V/h;1H3;;. The zero-order valence-electron chi connectivity index (χ0n) is 2.06. The van der Waals surface area contributed by atoms with Crippen molar-refractivity contribution < 1.29 is 24.0 Å². The van der Waals surface area contributed by atoms with E-state index >= 15 is 0 Å². The van der Waals surface area contributed by atoms with Crippen LogP contribution in [0.15, 0.2) is 0 Å². The Bertz CT molecular complexity index is 8.00. The molecule has 0 spiro atoms. The van der Waals surface area contributed by atoms with E-state index < -0.39 is 0 Å². The molecule has 1 unspecified atom stereocenters. The quantitative estimate of drug-likeness (QED) is 0.313. The van der Waals surface area contributed by atoms with Gasteiger partial charge in [-0.2, -0.15) is 9.90 Å². The summed E-state index contributed by atoms with van der Waals surface area (Å²) in [5, 5.41) is 0. The Labute approximate surface area is 45.4 Å². The van der Waals surface area contributed by atoms with Crippen molar-refractivity contribution in [2.75, 3.05) is 0 Å². The fraction of sp³-hybridized carbons (Fsp3) is 0. The van der Waals surface area contributed by atoms with Crippen molar-refractivity contribution in [3.63, 3.8) is 0 Å². The molecule has 0 aliphatic rings. The Kier molecular flexibility index (Phi) is 483. The van der Waals surface area contributed by atoms with Crippen LogP contribution in [-0.2, 0) is 24.0 Å². The first-order chi connectivity index (χ1) is 0. The van der Waals surface area contributed by atoms with Crippen molar-refractivity contribution in [3.8, 4) is 0 Å². The van der Waals surface area contributed by atoms with Crippen LogP contribution in [0.2, 0.25) is 0 Å². The molecule has 0 saturated carbocycles. The van der Waals surface area contributed by atoms with Crippen molar-refractivity contribution in [1.29, 1.82) is 0 Å². The molecule has 1 atom stereocenters. The van der Waals surface area contributed by atoms with E-state index in [1.807, 2.05) is 0 Å². The molecule has 0 aromatic rings. The van der Waals surface area contributed by atoms with Gasteiger partial charge < -0.3 is 0 Å². The molecule has 4 heavy (non-hydrogen) atoms. The van der Waals surface area contributed by atoms with E-state index in [1.54, 1.807) is 0 Å². The molecule has 0 aliphatic carbocycles. The van der Waals surface area contributed by atoms with Crippen molar-refractivity contribution in [2.24, 2.45) is 0 Å². The van der Waals surface area contributed by atoms with Crippen molar-refractivity contribution >= 4 is 20.9 Å². The third-order valence-corrected chi connectivity index (χ3v) is 0. The fourth-order valence-corrected chi connectivity index (χ4v) is 0. The van der Waals surface area contributed by atoms with Gasteiger partial charge in [-0.25, -0.2) is 0 Å². The Balaban J connectivity index is 0. The SMILES string of the molecule is P.[O].[Si].[V]. The van der Waals surface area contributed by atoms with Crippen LogP contribution in [0, 0.1) is 0 Å². The Morgan fingerprint density at radius 1 is 1.00 bits per heavy atom. The summed E-state index contributed by atoms with van der Waals surface area (Å²) in [7, 11) is 0. The Morgan fingerprint density at radius 3 is 1.00 bits per heavy atom. The number of hydrogen-bond donors (Lipinski definition) is 0. The molecule has 0 N–H and O–H groups in total. The van der Waals surface area contributed by atoms with Crippen LogP contribution in [0.5, 0.6) is 0 Å². The summed E-state index contributed by atoms with van der Waals surface area (Å²) in [6.45, 7) is 0. The summed E-state index contributed by atoms with van der Waals surface area (Å²) in [5.41, 5.74) is 0. The maximum absolute atomic E-state index is 0. The first-order valence-electron chi connectivity index (χ1n) is 0. The van der Waals surface area contributed by atoms with Gasteiger partial charge in [0.25, 0.3) is 0 Å². The maximum Gasteiger partial charge on any atom is 0 e. The largest absolute Gasteiger partial charge is 0.153 e. The van der Waals surface area contributed by atoms with Gasteiger partial charge in [0.1, 0.15) is 0 Å². The van der Waals surface area contributed by atoms with Gasteiger partial charge in [0, 0.05) is 35.0 Å². The molecule has 0 fully saturated rings. The molecule has 0 amide bonds. The molecule has 0 saturated heterocycles. The Hall–Kier alpha value is 1.19. The minimum Gasteiger partial charge on any atom is -0.153 e. The molecule has 0 heterocycles. The first kappa shape index (κ1) is 64.3. The fourth-order valence-electron chi connectivity index (χ4n) is 0. The average Bonchev–Trinajstić information content (AvgIpc) is 0. The zero-order valence-corrected chi connectivity index (χ0v) is 5.87. The monoisotopic (exact) mass is 129 g/mol. The van der Waals surface area contributed by atoms with Crippen LogP contribution in [0.25, 0.3) is 0 Å². The predicted molar refractivity (Wildman–Crippen MR) is 17.5 cm³/mol. The predicted octanol–water partition coefficient (Wildman–Crippen LogP) is -0.444. The molecular weight excluding hydrogens is 126 g/mol. The van der Waals surface area contributed by atoms with Crippen LogP contribution < -0.4 is 0 Å². The van der Waals surface area contributed by atoms with Crippen molar-refractivity contribution in [1.82, 2.24) is 0 Å². The topological polar surface area (TPSA) is 28.5 Å². The van der Waals surface area contributed by atoms with E-state index in [4.69, 9.17) is 0 Å². The van der Waals surface area contributed by atoms with E-state index in [0.717, 1.165) is 0 Å². The molecule has 0 rings (SSSR count). The summed E-state index contributed by atoms with van der Waals surface area (Å²) in [6.07, 6.45) is 0. The minimum absolute atomic E-state index is 0. The van der Waals surface area contributed by atoms with E-state index in [9.17, 15) is 0 Å². The Morgan fingerprint density at radius 2 is 1.00 bits per heavy atom. The number of hydrogen-bond acceptors (Lipinski definition) is 0. The van der Waals surface area contributed by atoms with Crippen molar-refractivity contribution in [3.05, 3.63) is 0 Å². The summed E-state index contributed by atoms with van der Waals surface area (Å²) in [4.78, 5) is 0. The summed E-state index contributed by atoms with van der Waals surface area (Å²) < 4.78 is 0. The van der Waals surface area contributed by atoms with E-state index in [-0.39, 0.29) is 44.9 Å². The van der Waals surface area contributed by atoms with Crippen LogP contribution in [0.4, 0.5) is 0 Å². The molecule has 0 aromatic carbocycles. The molecule has 23 valence electrons. The third kappa shape index (κ3) is 10.8. The van der Waals surface area contributed by atoms with Crippen LogP contribution in [0.3, 0.4) is 0 Å². The van der Waals surface area contributed by atoms with E-state index in [1.165, 1.54) is 0 Å². The normalized spacial score (nSPS) is 0. The second kappa shape index (κ2) is 30.1. The summed E-state index contributed by atoms with van der Waals surface area (Å²) >= 11 is 0. The molecule has 0 bridgehead atoms. The summed E-state index contributed by atoms with van der Waals surface area (Å²) in [6, 6.07) is 0. The van der Waals surface area contributed by atoms with Crippen LogP contribution >= 0.6 is 9.90 Å². The molecule has 7 radical (unpaired) electrons. The van der Waals surface area contributed by atoms with E-state index in [2.05, 4.69) is 0 Å². The molecule has 0 aromatic heterocycles. The van der Waals surface area contributed by atoms with Gasteiger partial charge >= 0.3 is 0 Å². The molecule has 1 nitrogen and oxygen atoms in total. The van der Waals surface area contributed by atoms with Crippen LogP contribution in [-0.4, -0.2) is 11.0 Å². The zero-order chi connectivity index (χ0) is 0. The van der Waals surface area contributed by atoms with E-state index in [0.29, 0.717) is 0 Å². The van der Waals surface area contributed by atoms with Gasteiger partial charge in [-0.05, 0) is 0 Å².